The van der Waals surface area contributed by atoms with Gasteiger partial charge < -0.3 is 9.47 Å². The van der Waals surface area contributed by atoms with Crippen molar-refractivity contribution < 1.29 is 13.2 Å². The number of hydrogen-bond donors (Lipinski definition) is 0. The van der Waals surface area contributed by atoms with E-state index >= 15 is 0 Å². The first-order valence-corrected chi connectivity index (χ1v) is 9.36. The van der Waals surface area contributed by atoms with Gasteiger partial charge in [0.05, 0.1) is 16.8 Å². The van der Waals surface area contributed by atoms with Gasteiger partial charge in [0.25, 0.3) is 0 Å². The van der Waals surface area contributed by atoms with Crippen LogP contribution >= 0.6 is 0 Å². The maximum Gasteiger partial charge on any atom is 0.418 e. The molecule has 1 unspecified atom stereocenters. The van der Waals surface area contributed by atoms with Crippen LogP contribution in [0.4, 0.5) is 18.9 Å². The Labute approximate surface area is 161 Å². The average Bonchev–Trinajstić information content (AvgIpc) is 3.07. The van der Waals surface area contributed by atoms with Crippen LogP contribution in [0.1, 0.15) is 30.9 Å². The third kappa shape index (κ3) is 3.17. The number of aryl methyl sites for hydroxylation is 1. The number of pyridine rings is 1. The second-order valence-corrected chi connectivity index (χ2v) is 7.45. The molecule has 28 heavy (non-hydrogen) atoms. The van der Waals surface area contributed by atoms with Crippen LogP contribution in [-0.4, -0.2) is 17.2 Å². The van der Waals surface area contributed by atoms with E-state index in [4.69, 9.17) is 0 Å². The molecule has 0 saturated carbocycles. The van der Waals surface area contributed by atoms with Crippen LogP contribution in [-0.2, 0) is 6.18 Å². The minimum absolute atomic E-state index is 0.0250. The van der Waals surface area contributed by atoms with Crippen molar-refractivity contribution in [1.82, 2.24) is 4.57 Å². The molecule has 6 heteroatoms. The van der Waals surface area contributed by atoms with Crippen molar-refractivity contribution in [2.75, 3.05) is 11.4 Å². The summed E-state index contributed by atoms with van der Waals surface area (Å²) in [5, 5.41) is 0.410. The smallest absolute Gasteiger partial charge is 0.369 e. The summed E-state index contributed by atoms with van der Waals surface area (Å²) in [5.41, 5.74) is 1.06. The van der Waals surface area contributed by atoms with Gasteiger partial charge in [-0.15, -0.1) is 0 Å². The van der Waals surface area contributed by atoms with Gasteiger partial charge >= 0.3 is 6.18 Å². The number of halogens is 3. The van der Waals surface area contributed by atoms with E-state index in [-0.39, 0.29) is 17.2 Å². The number of nitrogens with zero attached hydrogens (tertiary/aromatic N) is 2. The van der Waals surface area contributed by atoms with Gasteiger partial charge in [0.1, 0.15) is 0 Å². The highest BCUT2D eigenvalue weighted by Crippen LogP contribution is 2.38. The number of fused-ring (bicyclic) bond motifs is 1. The largest absolute Gasteiger partial charge is 0.418 e. The fourth-order valence-electron chi connectivity index (χ4n) is 4.04. The molecule has 3 nitrogen and oxygen atoms in total. The minimum atomic E-state index is -4.51. The molecule has 1 fully saturated rings. The van der Waals surface area contributed by atoms with E-state index in [0.717, 1.165) is 24.9 Å². The lowest BCUT2D eigenvalue weighted by molar-refractivity contribution is -0.137. The maximum absolute atomic E-state index is 13.9. The molecular formula is C22H21F3N2O. The molecule has 0 N–H and O–H groups in total. The Hall–Kier alpha value is -2.76. The van der Waals surface area contributed by atoms with Crippen molar-refractivity contribution >= 4 is 16.6 Å². The van der Waals surface area contributed by atoms with Gasteiger partial charge in [-0.3, -0.25) is 4.79 Å². The molecule has 0 bridgehead atoms. The van der Waals surface area contributed by atoms with Crippen LogP contribution in [0.5, 0.6) is 0 Å². The Kier molecular flexibility index (Phi) is 4.44. The summed E-state index contributed by atoms with van der Waals surface area (Å²) in [6.07, 6.45) is -1.13. The van der Waals surface area contributed by atoms with E-state index in [9.17, 15) is 18.0 Å². The van der Waals surface area contributed by atoms with E-state index < -0.39 is 11.7 Å². The van der Waals surface area contributed by atoms with Crippen molar-refractivity contribution in [3.05, 3.63) is 70.0 Å². The molecule has 0 aliphatic carbocycles. The molecule has 0 radical (unpaired) electrons. The Morgan fingerprint density at radius 2 is 1.86 bits per heavy atom. The fourth-order valence-corrected chi connectivity index (χ4v) is 4.04. The zero-order chi connectivity index (χ0) is 20.1. The lowest BCUT2D eigenvalue weighted by Crippen LogP contribution is -2.26. The van der Waals surface area contributed by atoms with Crippen LogP contribution in [0.25, 0.3) is 16.6 Å². The standard InChI is InChI=1S/C22H21F3N2O/c1-14-5-7-19-17(12-14)21(28)9-11-27(19)20-8-6-16(13-18(20)22(23,24)25)26-10-3-4-15(26)2/h5-9,11-13,15H,3-4,10H2,1-2H3. The average molecular weight is 386 g/mol. The lowest BCUT2D eigenvalue weighted by atomic mass is 10.1. The van der Waals surface area contributed by atoms with Crippen LogP contribution in [0.2, 0.25) is 0 Å². The zero-order valence-electron chi connectivity index (χ0n) is 15.8. The predicted molar refractivity (Wildman–Crippen MR) is 105 cm³/mol. The number of hydrogen-bond acceptors (Lipinski definition) is 2. The molecule has 1 aromatic heterocycles. The summed E-state index contributed by atoms with van der Waals surface area (Å²) in [4.78, 5) is 14.2. The van der Waals surface area contributed by atoms with Gasteiger partial charge in [-0.05, 0) is 57.0 Å². The highest BCUT2D eigenvalue weighted by Gasteiger charge is 2.35. The minimum Gasteiger partial charge on any atom is -0.369 e. The summed E-state index contributed by atoms with van der Waals surface area (Å²) in [6, 6.07) is 11.2. The molecule has 146 valence electrons. The maximum atomic E-state index is 13.9. The predicted octanol–water partition coefficient (Wildman–Crippen LogP) is 5.31. The molecule has 1 saturated heterocycles. The Bertz CT molecular complexity index is 1100. The lowest BCUT2D eigenvalue weighted by Gasteiger charge is -2.26. The first kappa shape index (κ1) is 18.6. The number of benzene rings is 2. The number of aromatic nitrogens is 1. The van der Waals surface area contributed by atoms with E-state index in [1.807, 2.05) is 18.7 Å². The van der Waals surface area contributed by atoms with Crippen LogP contribution in [0.3, 0.4) is 0 Å². The van der Waals surface area contributed by atoms with Crippen molar-refractivity contribution in [2.45, 2.75) is 38.9 Å². The molecule has 0 amide bonds. The second kappa shape index (κ2) is 6.69. The highest BCUT2D eigenvalue weighted by molar-refractivity contribution is 5.81. The van der Waals surface area contributed by atoms with E-state index in [1.165, 1.54) is 29.0 Å². The molecular weight excluding hydrogens is 365 g/mol. The van der Waals surface area contributed by atoms with Gasteiger partial charge in [-0.1, -0.05) is 11.6 Å². The van der Waals surface area contributed by atoms with Crippen LogP contribution < -0.4 is 10.3 Å². The zero-order valence-corrected chi connectivity index (χ0v) is 15.8. The summed E-state index contributed by atoms with van der Waals surface area (Å²) >= 11 is 0. The summed E-state index contributed by atoms with van der Waals surface area (Å²) in [6.45, 7) is 4.65. The molecule has 2 aromatic carbocycles. The van der Waals surface area contributed by atoms with E-state index in [0.29, 0.717) is 16.6 Å². The van der Waals surface area contributed by atoms with Crippen molar-refractivity contribution in [3.8, 4) is 5.69 Å². The monoisotopic (exact) mass is 386 g/mol. The summed E-state index contributed by atoms with van der Waals surface area (Å²) in [5.74, 6) is 0. The van der Waals surface area contributed by atoms with Gasteiger partial charge in [0, 0.05) is 35.9 Å². The Balaban J connectivity index is 1.94. The molecule has 2 heterocycles. The molecule has 1 aliphatic heterocycles. The summed E-state index contributed by atoms with van der Waals surface area (Å²) in [7, 11) is 0. The molecule has 3 aromatic rings. The van der Waals surface area contributed by atoms with Gasteiger partial charge in [-0.2, -0.15) is 13.2 Å². The van der Waals surface area contributed by atoms with Gasteiger partial charge in [-0.25, -0.2) is 0 Å². The molecule has 4 rings (SSSR count). The normalized spacial score (nSPS) is 17.5. The SMILES string of the molecule is Cc1ccc2c(c1)c(=O)ccn2-c1ccc(N2CCCC2C)cc1C(F)(F)F. The molecule has 1 aliphatic rings. The highest BCUT2D eigenvalue weighted by atomic mass is 19.4. The van der Waals surface area contributed by atoms with E-state index in [2.05, 4.69) is 0 Å². The summed E-state index contributed by atoms with van der Waals surface area (Å²) < 4.78 is 43.3. The fraction of sp³-hybridized carbons (Fsp3) is 0.318. The van der Waals surface area contributed by atoms with Crippen molar-refractivity contribution in [3.63, 3.8) is 0 Å². The third-order valence-corrected chi connectivity index (χ3v) is 5.48. The van der Waals surface area contributed by atoms with Gasteiger partial charge in [0.15, 0.2) is 5.43 Å². The first-order valence-electron chi connectivity index (χ1n) is 9.36. The Morgan fingerprint density at radius 3 is 2.54 bits per heavy atom. The number of rotatable bonds is 2. The molecule has 1 atom stereocenters. The molecule has 0 spiro atoms. The number of anilines is 1. The Morgan fingerprint density at radius 1 is 1.07 bits per heavy atom. The second-order valence-electron chi connectivity index (χ2n) is 7.45. The topological polar surface area (TPSA) is 25.2 Å². The van der Waals surface area contributed by atoms with E-state index in [1.54, 1.807) is 24.3 Å². The van der Waals surface area contributed by atoms with Crippen molar-refractivity contribution in [1.29, 1.82) is 0 Å². The third-order valence-electron chi connectivity index (χ3n) is 5.48. The quantitative estimate of drug-likeness (QED) is 0.597. The van der Waals surface area contributed by atoms with Crippen molar-refractivity contribution in [2.24, 2.45) is 0 Å². The van der Waals surface area contributed by atoms with Crippen LogP contribution in [0, 0.1) is 6.92 Å². The van der Waals surface area contributed by atoms with Gasteiger partial charge in [0.2, 0.25) is 0 Å². The first-order chi connectivity index (χ1) is 13.3. The number of alkyl halides is 3. The van der Waals surface area contributed by atoms with Crippen LogP contribution in [0.15, 0.2) is 53.5 Å².